The fraction of sp³-hybridized carbons (Fsp3) is 0.500. The number of para-hydroxylation sites is 1. The van der Waals surface area contributed by atoms with Crippen LogP contribution < -0.4 is 10.1 Å². The van der Waals surface area contributed by atoms with Crippen LogP contribution in [0.2, 0.25) is 0 Å². The molecule has 0 bridgehead atoms. The highest BCUT2D eigenvalue weighted by Crippen LogP contribution is 2.30. The van der Waals surface area contributed by atoms with Gasteiger partial charge in [-0.2, -0.15) is 0 Å². The topological polar surface area (TPSA) is 64.6 Å². The molecule has 5 nitrogen and oxygen atoms in total. The molecule has 5 heteroatoms. The maximum absolute atomic E-state index is 11.6. The Balaban J connectivity index is 2.85. The van der Waals surface area contributed by atoms with Crippen molar-refractivity contribution in [2.24, 2.45) is 0 Å². The molecule has 1 aromatic rings. The highest BCUT2D eigenvalue weighted by atomic mass is 16.5. The average molecular weight is 293 g/mol. The van der Waals surface area contributed by atoms with E-state index in [9.17, 15) is 9.59 Å². The molecule has 0 aliphatic rings. The molecule has 0 spiro atoms. The Morgan fingerprint density at radius 1 is 1.24 bits per heavy atom. The van der Waals surface area contributed by atoms with Crippen LogP contribution in [-0.4, -0.2) is 31.6 Å². The van der Waals surface area contributed by atoms with E-state index in [1.54, 1.807) is 0 Å². The first-order chi connectivity index (χ1) is 9.75. The molecule has 1 unspecified atom stereocenters. The van der Waals surface area contributed by atoms with Gasteiger partial charge in [-0.15, -0.1) is 0 Å². The van der Waals surface area contributed by atoms with Gasteiger partial charge in [0.1, 0.15) is 12.4 Å². The molecule has 21 heavy (non-hydrogen) atoms. The second-order valence-electron chi connectivity index (χ2n) is 5.83. The molecule has 1 aromatic carbocycles. The Kier molecular flexibility index (Phi) is 5.76. The minimum absolute atomic E-state index is 0.0271. The predicted molar refractivity (Wildman–Crippen MR) is 80.3 cm³/mol. The summed E-state index contributed by atoms with van der Waals surface area (Å²) in [6.07, 6.45) is 0. The number of carbonyl (C=O) groups excluding carboxylic acids is 2. The number of carbonyl (C=O) groups is 2. The smallest absolute Gasteiger partial charge is 0.331 e. The zero-order valence-corrected chi connectivity index (χ0v) is 13.2. The fourth-order valence-electron chi connectivity index (χ4n) is 1.94. The molecule has 1 rings (SSSR count). The molecule has 1 N–H and O–H groups in total. The molecule has 0 aliphatic heterocycles. The number of hydrogen-bond donors (Lipinski definition) is 1. The zero-order chi connectivity index (χ0) is 16.0. The third-order valence-corrected chi connectivity index (χ3v) is 2.96. The summed E-state index contributed by atoms with van der Waals surface area (Å²) in [5.74, 6) is -0.138. The van der Waals surface area contributed by atoms with E-state index in [-0.39, 0.29) is 17.9 Å². The van der Waals surface area contributed by atoms with Crippen molar-refractivity contribution in [1.82, 2.24) is 5.32 Å². The number of rotatable bonds is 5. The van der Waals surface area contributed by atoms with Crippen LogP contribution in [0.1, 0.15) is 33.3 Å². The van der Waals surface area contributed by atoms with E-state index in [0.717, 1.165) is 5.56 Å². The van der Waals surface area contributed by atoms with E-state index in [1.807, 2.05) is 24.3 Å². The molecule has 0 saturated heterocycles. The molecule has 116 valence electrons. The average Bonchev–Trinajstić information content (AvgIpc) is 2.41. The first kappa shape index (κ1) is 17.0. The van der Waals surface area contributed by atoms with Gasteiger partial charge in [-0.05, 0) is 17.0 Å². The summed E-state index contributed by atoms with van der Waals surface area (Å²) < 4.78 is 10.4. The lowest BCUT2D eigenvalue weighted by molar-refractivity contribution is -0.145. The van der Waals surface area contributed by atoms with Crippen molar-refractivity contribution in [3.05, 3.63) is 29.8 Å². The Morgan fingerprint density at radius 3 is 2.38 bits per heavy atom. The molecular formula is C16H23NO4. The van der Waals surface area contributed by atoms with E-state index < -0.39 is 12.0 Å². The molecule has 0 fully saturated rings. The maximum atomic E-state index is 11.6. The monoisotopic (exact) mass is 293 g/mol. The fourth-order valence-corrected chi connectivity index (χ4v) is 1.94. The molecule has 1 atom stereocenters. The van der Waals surface area contributed by atoms with Gasteiger partial charge in [-0.1, -0.05) is 39.0 Å². The van der Waals surface area contributed by atoms with Crippen molar-refractivity contribution in [2.45, 2.75) is 39.2 Å². The van der Waals surface area contributed by atoms with Gasteiger partial charge in [0.05, 0.1) is 7.11 Å². The van der Waals surface area contributed by atoms with Crippen LogP contribution >= 0.6 is 0 Å². The van der Waals surface area contributed by atoms with E-state index >= 15 is 0 Å². The first-order valence-corrected chi connectivity index (χ1v) is 6.83. The van der Waals surface area contributed by atoms with E-state index in [4.69, 9.17) is 4.74 Å². The molecule has 0 aromatic heterocycles. The standard InChI is InChI=1S/C16H23NO4/c1-11(18)17-13(15(19)20-5)10-21-14-9-7-6-8-12(14)16(2,3)4/h6-9,13H,10H2,1-5H3,(H,17,18). The second-order valence-corrected chi connectivity index (χ2v) is 5.83. The van der Waals surface area contributed by atoms with Gasteiger partial charge in [-0.25, -0.2) is 4.79 Å². The molecule has 0 aliphatic carbocycles. The minimum atomic E-state index is -0.819. The van der Waals surface area contributed by atoms with Crippen molar-refractivity contribution in [3.63, 3.8) is 0 Å². The summed E-state index contributed by atoms with van der Waals surface area (Å²) in [5.41, 5.74) is 0.960. The molecule has 1 amide bonds. The lowest BCUT2D eigenvalue weighted by atomic mass is 9.86. The first-order valence-electron chi connectivity index (χ1n) is 6.83. The third-order valence-electron chi connectivity index (χ3n) is 2.96. The zero-order valence-electron chi connectivity index (χ0n) is 13.2. The summed E-state index contributed by atoms with van der Waals surface area (Å²) in [7, 11) is 1.28. The van der Waals surface area contributed by atoms with Gasteiger partial charge in [0, 0.05) is 6.92 Å². The van der Waals surface area contributed by atoms with Crippen LogP contribution in [0.4, 0.5) is 0 Å². The summed E-state index contributed by atoms with van der Waals surface area (Å²) in [6.45, 7) is 7.63. The van der Waals surface area contributed by atoms with Gasteiger partial charge < -0.3 is 14.8 Å². The third kappa shape index (κ3) is 5.10. The summed E-state index contributed by atoms with van der Waals surface area (Å²) in [6, 6.07) is 6.83. The minimum Gasteiger partial charge on any atom is -0.491 e. The maximum Gasteiger partial charge on any atom is 0.331 e. The number of ether oxygens (including phenoxy) is 2. The van der Waals surface area contributed by atoms with Crippen LogP contribution in [0.15, 0.2) is 24.3 Å². The van der Waals surface area contributed by atoms with Crippen molar-refractivity contribution in [1.29, 1.82) is 0 Å². The Bertz CT molecular complexity index is 505. The number of nitrogens with one attached hydrogen (secondary N) is 1. The SMILES string of the molecule is COC(=O)C(COc1ccccc1C(C)(C)C)NC(C)=O. The quantitative estimate of drug-likeness (QED) is 0.844. The summed E-state index contributed by atoms with van der Waals surface area (Å²) in [5, 5.41) is 2.52. The number of methoxy groups -OCH3 is 1. The summed E-state index contributed by atoms with van der Waals surface area (Å²) >= 11 is 0. The van der Waals surface area contributed by atoms with Crippen molar-refractivity contribution < 1.29 is 19.1 Å². The van der Waals surface area contributed by atoms with Crippen LogP contribution in [0.25, 0.3) is 0 Å². The van der Waals surface area contributed by atoms with Crippen molar-refractivity contribution in [2.75, 3.05) is 13.7 Å². The van der Waals surface area contributed by atoms with Crippen molar-refractivity contribution >= 4 is 11.9 Å². The summed E-state index contributed by atoms with van der Waals surface area (Å²) in [4.78, 5) is 22.8. The number of benzene rings is 1. The largest absolute Gasteiger partial charge is 0.491 e. The van der Waals surface area contributed by atoms with Gasteiger partial charge in [0.25, 0.3) is 0 Å². The Hall–Kier alpha value is -2.04. The number of amides is 1. The predicted octanol–water partition coefficient (Wildman–Crippen LogP) is 2.04. The lowest BCUT2D eigenvalue weighted by Crippen LogP contribution is -2.44. The highest BCUT2D eigenvalue weighted by molar-refractivity contribution is 5.83. The van der Waals surface area contributed by atoms with Gasteiger partial charge in [0.2, 0.25) is 5.91 Å². The van der Waals surface area contributed by atoms with Crippen LogP contribution in [0.3, 0.4) is 0 Å². The molecule has 0 radical (unpaired) electrons. The Labute approximate surface area is 125 Å². The van der Waals surface area contributed by atoms with Crippen LogP contribution in [0, 0.1) is 0 Å². The lowest BCUT2D eigenvalue weighted by Gasteiger charge is -2.24. The Morgan fingerprint density at radius 2 is 1.86 bits per heavy atom. The van der Waals surface area contributed by atoms with Crippen LogP contribution in [0.5, 0.6) is 5.75 Å². The molecule has 0 heterocycles. The number of hydrogen-bond acceptors (Lipinski definition) is 4. The van der Waals surface area contributed by atoms with E-state index in [0.29, 0.717) is 5.75 Å². The van der Waals surface area contributed by atoms with E-state index in [1.165, 1.54) is 14.0 Å². The molecule has 0 saturated carbocycles. The van der Waals surface area contributed by atoms with Crippen molar-refractivity contribution in [3.8, 4) is 5.75 Å². The van der Waals surface area contributed by atoms with E-state index in [2.05, 4.69) is 30.8 Å². The normalized spacial score (nSPS) is 12.4. The molecular weight excluding hydrogens is 270 g/mol. The highest BCUT2D eigenvalue weighted by Gasteiger charge is 2.23. The van der Waals surface area contributed by atoms with Gasteiger partial charge >= 0.3 is 5.97 Å². The van der Waals surface area contributed by atoms with Gasteiger partial charge in [-0.3, -0.25) is 4.79 Å². The van der Waals surface area contributed by atoms with Crippen LogP contribution in [-0.2, 0) is 19.7 Å². The van der Waals surface area contributed by atoms with Gasteiger partial charge in [0.15, 0.2) is 6.04 Å². The number of esters is 1. The second kappa shape index (κ2) is 7.11.